The van der Waals surface area contributed by atoms with Crippen molar-refractivity contribution < 1.29 is 14.3 Å². The van der Waals surface area contributed by atoms with Crippen molar-refractivity contribution >= 4 is 11.9 Å². The third-order valence-corrected chi connectivity index (χ3v) is 3.50. The zero-order chi connectivity index (χ0) is 15.9. The molecule has 0 bridgehead atoms. The van der Waals surface area contributed by atoms with Crippen molar-refractivity contribution in [2.75, 3.05) is 7.11 Å². The molecule has 2 aromatic rings. The summed E-state index contributed by atoms with van der Waals surface area (Å²) < 4.78 is 4.56. The van der Waals surface area contributed by atoms with Crippen LogP contribution in [0.2, 0.25) is 0 Å². The number of carbonyl (C=O) groups excluding carboxylic acids is 2. The van der Waals surface area contributed by atoms with E-state index in [1.165, 1.54) is 7.11 Å². The van der Waals surface area contributed by atoms with Crippen molar-refractivity contribution in [3.05, 3.63) is 71.8 Å². The van der Waals surface area contributed by atoms with Crippen molar-refractivity contribution in [3.63, 3.8) is 0 Å². The number of carbonyl (C=O) groups is 2. The Labute approximate surface area is 130 Å². The van der Waals surface area contributed by atoms with Crippen molar-refractivity contribution in [1.29, 1.82) is 0 Å². The first-order chi connectivity index (χ1) is 10.6. The molecule has 0 aliphatic rings. The van der Waals surface area contributed by atoms with Gasteiger partial charge in [-0.3, -0.25) is 4.79 Å². The van der Waals surface area contributed by atoms with Crippen LogP contribution in [0.25, 0.3) is 0 Å². The first-order valence-corrected chi connectivity index (χ1v) is 7.11. The topological polar surface area (TPSA) is 55.4 Å². The maximum Gasteiger partial charge on any atom is 0.407 e. The highest BCUT2D eigenvalue weighted by Gasteiger charge is 2.27. The van der Waals surface area contributed by atoms with Crippen LogP contribution in [0.4, 0.5) is 4.79 Å². The van der Waals surface area contributed by atoms with Gasteiger partial charge in [-0.2, -0.15) is 0 Å². The van der Waals surface area contributed by atoms with E-state index >= 15 is 0 Å². The molecule has 114 valence electrons. The lowest BCUT2D eigenvalue weighted by atomic mass is 9.85. The first-order valence-electron chi connectivity index (χ1n) is 7.11. The minimum atomic E-state index is -0.641. The van der Waals surface area contributed by atoms with Crippen LogP contribution >= 0.6 is 0 Å². The van der Waals surface area contributed by atoms with Gasteiger partial charge >= 0.3 is 6.09 Å². The highest BCUT2D eigenvalue weighted by molar-refractivity contribution is 5.94. The van der Waals surface area contributed by atoms with Crippen LogP contribution < -0.4 is 5.32 Å². The second-order valence-electron chi connectivity index (χ2n) is 5.01. The van der Waals surface area contributed by atoms with Gasteiger partial charge in [-0.25, -0.2) is 4.79 Å². The fraction of sp³-hybridized carbons (Fsp3) is 0.222. The molecule has 1 amide bonds. The monoisotopic (exact) mass is 297 g/mol. The summed E-state index contributed by atoms with van der Waals surface area (Å²) in [5, 5.41) is 2.54. The lowest BCUT2D eigenvalue weighted by Gasteiger charge is -2.21. The number of hydrogen-bond acceptors (Lipinski definition) is 3. The molecule has 0 radical (unpaired) electrons. The SMILES string of the molecule is COC(=O)N[C@@H](C)C(=O)C(c1ccccc1)c1ccccc1. The molecule has 1 atom stereocenters. The molecule has 0 aliphatic heterocycles. The number of amides is 1. The molecule has 2 aromatic carbocycles. The van der Waals surface area contributed by atoms with E-state index in [-0.39, 0.29) is 5.78 Å². The molecule has 0 aliphatic carbocycles. The van der Waals surface area contributed by atoms with Crippen LogP contribution in [0.3, 0.4) is 0 Å². The number of ether oxygens (including phenoxy) is 1. The average Bonchev–Trinajstić information content (AvgIpc) is 2.56. The van der Waals surface area contributed by atoms with E-state index in [2.05, 4.69) is 10.1 Å². The van der Waals surface area contributed by atoms with Gasteiger partial charge < -0.3 is 10.1 Å². The Morgan fingerprint density at radius 2 is 1.36 bits per heavy atom. The van der Waals surface area contributed by atoms with E-state index in [1.807, 2.05) is 60.7 Å². The quantitative estimate of drug-likeness (QED) is 0.922. The third-order valence-electron chi connectivity index (χ3n) is 3.50. The van der Waals surface area contributed by atoms with Crippen LogP contribution in [0.1, 0.15) is 24.0 Å². The van der Waals surface area contributed by atoms with Crippen molar-refractivity contribution in [2.24, 2.45) is 0 Å². The molecular formula is C18H19NO3. The van der Waals surface area contributed by atoms with Crippen LogP contribution in [-0.4, -0.2) is 25.0 Å². The van der Waals surface area contributed by atoms with E-state index in [0.717, 1.165) is 11.1 Å². The summed E-state index contributed by atoms with van der Waals surface area (Å²) in [7, 11) is 1.28. The maximum atomic E-state index is 12.8. The molecule has 0 heterocycles. The standard InChI is InChI=1S/C18H19NO3/c1-13(19-18(21)22-2)17(20)16(14-9-5-3-6-10-14)15-11-7-4-8-12-15/h3-13,16H,1-2H3,(H,19,21)/t13-/m0/s1. The Morgan fingerprint density at radius 1 is 0.909 bits per heavy atom. The molecule has 4 heteroatoms. The molecule has 0 unspecified atom stereocenters. The van der Waals surface area contributed by atoms with Crippen molar-refractivity contribution in [3.8, 4) is 0 Å². The highest BCUT2D eigenvalue weighted by atomic mass is 16.5. The minimum absolute atomic E-state index is 0.0807. The van der Waals surface area contributed by atoms with Gasteiger partial charge in [-0.1, -0.05) is 60.7 Å². The Morgan fingerprint density at radius 3 is 1.77 bits per heavy atom. The van der Waals surface area contributed by atoms with Gasteiger partial charge in [0.1, 0.15) is 0 Å². The van der Waals surface area contributed by atoms with Crippen molar-refractivity contribution in [1.82, 2.24) is 5.32 Å². The molecule has 0 saturated heterocycles. The molecule has 0 fully saturated rings. The largest absolute Gasteiger partial charge is 0.453 e. The van der Waals surface area contributed by atoms with Crippen LogP contribution in [0.5, 0.6) is 0 Å². The Kier molecular flexibility index (Phi) is 5.31. The zero-order valence-electron chi connectivity index (χ0n) is 12.7. The number of benzene rings is 2. The van der Waals surface area contributed by atoms with Gasteiger partial charge in [0.2, 0.25) is 0 Å². The van der Waals surface area contributed by atoms with Gasteiger partial charge in [-0.05, 0) is 18.1 Å². The molecular weight excluding hydrogens is 278 g/mol. The second-order valence-corrected chi connectivity index (χ2v) is 5.01. The summed E-state index contributed by atoms with van der Waals surface area (Å²) in [4.78, 5) is 24.2. The van der Waals surface area contributed by atoms with E-state index in [1.54, 1.807) is 6.92 Å². The first kappa shape index (κ1) is 15.8. The lowest BCUT2D eigenvalue weighted by molar-refractivity contribution is -0.121. The maximum absolute atomic E-state index is 12.8. The molecule has 0 spiro atoms. The predicted octanol–water partition coefficient (Wildman–Crippen LogP) is 3.13. The smallest absolute Gasteiger partial charge is 0.407 e. The van der Waals surface area contributed by atoms with Gasteiger partial charge in [0.25, 0.3) is 0 Å². The van der Waals surface area contributed by atoms with Crippen LogP contribution in [0, 0.1) is 0 Å². The highest BCUT2D eigenvalue weighted by Crippen LogP contribution is 2.26. The van der Waals surface area contributed by atoms with Gasteiger partial charge in [0.15, 0.2) is 5.78 Å². The number of alkyl carbamates (subject to hydrolysis) is 1. The Hall–Kier alpha value is -2.62. The Balaban J connectivity index is 2.33. The molecule has 0 aromatic heterocycles. The summed E-state index contributed by atoms with van der Waals surface area (Å²) in [6, 6.07) is 18.4. The molecule has 2 rings (SSSR count). The van der Waals surface area contributed by atoms with Gasteiger partial charge in [0.05, 0.1) is 19.1 Å². The molecule has 4 nitrogen and oxygen atoms in total. The number of nitrogens with one attached hydrogen (secondary N) is 1. The summed E-state index contributed by atoms with van der Waals surface area (Å²) in [5.74, 6) is -0.502. The van der Waals surface area contributed by atoms with E-state index in [4.69, 9.17) is 0 Å². The van der Waals surface area contributed by atoms with E-state index in [0.29, 0.717) is 0 Å². The Bertz CT molecular complexity index is 586. The second kappa shape index (κ2) is 7.41. The summed E-state index contributed by atoms with van der Waals surface area (Å²) >= 11 is 0. The fourth-order valence-corrected chi connectivity index (χ4v) is 2.37. The van der Waals surface area contributed by atoms with E-state index in [9.17, 15) is 9.59 Å². The number of methoxy groups -OCH3 is 1. The fourth-order valence-electron chi connectivity index (χ4n) is 2.37. The number of rotatable bonds is 5. The number of hydrogen-bond donors (Lipinski definition) is 1. The third kappa shape index (κ3) is 3.73. The molecule has 22 heavy (non-hydrogen) atoms. The molecule has 0 saturated carbocycles. The van der Waals surface area contributed by atoms with Gasteiger partial charge in [-0.15, -0.1) is 0 Å². The van der Waals surface area contributed by atoms with Crippen LogP contribution in [-0.2, 0) is 9.53 Å². The minimum Gasteiger partial charge on any atom is -0.453 e. The summed E-state index contributed by atoms with van der Waals surface area (Å²) in [6.45, 7) is 1.66. The normalized spacial score (nSPS) is 11.8. The summed E-state index contributed by atoms with van der Waals surface area (Å²) in [6.07, 6.45) is -0.610. The summed E-state index contributed by atoms with van der Waals surface area (Å²) in [5.41, 5.74) is 1.80. The van der Waals surface area contributed by atoms with Crippen molar-refractivity contribution in [2.45, 2.75) is 18.9 Å². The van der Waals surface area contributed by atoms with Crippen LogP contribution in [0.15, 0.2) is 60.7 Å². The predicted molar refractivity (Wildman–Crippen MR) is 84.7 cm³/mol. The number of Topliss-reactive ketones (excluding diaryl/α,β-unsaturated/α-hetero) is 1. The molecule has 1 N–H and O–H groups in total. The number of ketones is 1. The van der Waals surface area contributed by atoms with Gasteiger partial charge in [0, 0.05) is 0 Å². The zero-order valence-corrected chi connectivity index (χ0v) is 12.7. The lowest BCUT2D eigenvalue weighted by Crippen LogP contribution is -2.41. The van der Waals surface area contributed by atoms with E-state index < -0.39 is 18.1 Å². The average molecular weight is 297 g/mol.